The number of carbonyl (C=O) groups is 3. The Morgan fingerprint density at radius 2 is 1.50 bits per heavy atom. The summed E-state index contributed by atoms with van der Waals surface area (Å²) in [6.07, 6.45) is 3.83. The summed E-state index contributed by atoms with van der Waals surface area (Å²) < 4.78 is 11.3. The highest BCUT2D eigenvalue weighted by atomic mass is 35.5. The summed E-state index contributed by atoms with van der Waals surface area (Å²) in [5.41, 5.74) is 1.62. The predicted molar refractivity (Wildman–Crippen MR) is 161 cm³/mol. The molecule has 1 spiro atoms. The average molecular weight is 576 g/mol. The molecule has 4 aromatic carbocycles. The summed E-state index contributed by atoms with van der Waals surface area (Å²) in [4.78, 5) is 46.4. The van der Waals surface area contributed by atoms with Crippen LogP contribution in [-0.2, 0) is 0 Å². The number of benzene rings is 4. The van der Waals surface area contributed by atoms with Gasteiger partial charge in [-0.3, -0.25) is 14.4 Å². The first kappa shape index (κ1) is 26.2. The number of fused-ring (bicyclic) bond motifs is 5. The number of ether oxygens (including phenoxy) is 2. The molecule has 7 rings (SSSR count). The van der Waals surface area contributed by atoms with E-state index in [4.69, 9.17) is 21.1 Å². The lowest BCUT2D eigenvalue weighted by Crippen LogP contribution is -2.48. The largest absolute Gasteiger partial charge is 0.497 e. The molecule has 0 radical (unpaired) electrons. The molecule has 4 aromatic rings. The fourth-order valence-corrected chi connectivity index (χ4v) is 7.39. The van der Waals surface area contributed by atoms with Crippen LogP contribution in [0, 0.1) is 5.41 Å². The number of anilines is 1. The Hall–Kier alpha value is -4.68. The zero-order valence-electron chi connectivity index (χ0n) is 22.9. The van der Waals surface area contributed by atoms with Crippen molar-refractivity contribution in [1.29, 1.82) is 0 Å². The second kappa shape index (κ2) is 9.71. The van der Waals surface area contributed by atoms with Crippen molar-refractivity contribution in [1.82, 2.24) is 0 Å². The fraction of sp³-hybridized carbons (Fsp3) is 0.171. The minimum atomic E-state index is -1.64. The molecule has 0 saturated carbocycles. The van der Waals surface area contributed by atoms with Gasteiger partial charge in [-0.15, -0.1) is 0 Å². The molecule has 2 aliphatic heterocycles. The molecule has 0 bridgehead atoms. The molecule has 1 aliphatic carbocycles. The van der Waals surface area contributed by atoms with E-state index in [1.807, 2.05) is 41.3 Å². The van der Waals surface area contributed by atoms with Gasteiger partial charge in [-0.2, -0.15) is 0 Å². The lowest BCUT2D eigenvalue weighted by atomic mass is 9.64. The van der Waals surface area contributed by atoms with E-state index < -0.39 is 23.4 Å². The number of ketones is 3. The van der Waals surface area contributed by atoms with Gasteiger partial charge in [0.15, 0.2) is 17.3 Å². The highest BCUT2D eigenvalue weighted by Crippen LogP contribution is 2.62. The molecule has 6 nitrogen and oxygen atoms in total. The number of Topliss-reactive ketones (excluding diaryl/α,β-unsaturated/α-hetero) is 3. The van der Waals surface area contributed by atoms with Gasteiger partial charge in [0.2, 0.25) is 0 Å². The second-order valence-electron chi connectivity index (χ2n) is 10.7. The summed E-state index contributed by atoms with van der Waals surface area (Å²) in [6, 6.07) is 25.1. The molecule has 208 valence electrons. The quantitative estimate of drug-likeness (QED) is 0.195. The molecule has 1 saturated heterocycles. The summed E-state index contributed by atoms with van der Waals surface area (Å²) in [7, 11) is 3.08. The number of methoxy groups -OCH3 is 2. The summed E-state index contributed by atoms with van der Waals surface area (Å²) in [5, 5.41) is 0.300. The maximum atomic E-state index is 14.8. The highest BCUT2D eigenvalue weighted by Gasteiger charge is 2.72. The van der Waals surface area contributed by atoms with Crippen molar-refractivity contribution in [2.24, 2.45) is 5.41 Å². The van der Waals surface area contributed by atoms with Crippen molar-refractivity contribution >= 4 is 40.7 Å². The van der Waals surface area contributed by atoms with E-state index >= 15 is 0 Å². The van der Waals surface area contributed by atoms with E-state index in [2.05, 4.69) is 0 Å². The standard InChI is InChI=1S/C35H26ClNO5/c1-41-21-16-17-25(28(19-21)42-2)30-31(32(38)24-12-6-7-13-26(24)36)37-27-14-8-3-9-20(27)15-18-29(37)35(30)33(39)22-10-4-5-11-23(22)34(35)40/h3-19,29-31H,1-2H3/t29?,30-,31+/m0/s1. The first-order valence-electron chi connectivity index (χ1n) is 13.7. The Labute approximate surface area is 248 Å². The van der Waals surface area contributed by atoms with Gasteiger partial charge in [0, 0.05) is 39.9 Å². The Morgan fingerprint density at radius 3 is 2.19 bits per heavy atom. The van der Waals surface area contributed by atoms with Crippen molar-refractivity contribution in [2.45, 2.75) is 18.0 Å². The van der Waals surface area contributed by atoms with Crippen molar-refractivity contribution in [3.63, 3.8) is 0 Å². The van der Waals surface area contributed by atoms with E-state index in [0.717, 1.165) is 11.3 Å². The lowest BCUT2D eigenvalue weighted by Gasteiger charge is -2.37. The van der Waals surface area contributed by atoms with Crippen molar-refractivity contribution in [3.05, 3.63) is 130 Å². The first-order chi connectivity index (χ1) is 20.4. The van der Waals surface area contributed by atoms with Crippen molar-refractivity contribution in [3.8, 4) is 11.5 Å². The summed E-state index contributed by atoms with van der Waals surface area (Å²) in [5.74, 6) is -0.849. The van der Waals surface area contributed by atoms with Crippen LogP contribution in [0.2, 0.25) is 5.02 Å². The van der Waals surface area contributed by atoms with Gasteiger partial charge in [0.05, 0.1) is 25.3 Å². The monoisotopic (exact) mass is 575 g/mol. The van der Waals surface area contributed by atoms with Crippen LogP contribution in [-0.4, -0.2) is 43.7 Å². The topological polar surface area (TPSA) is 72.9 Å². The number of hydrogen-bond donors (Lipinski definition) is 0. The van der Waals surface area contributed by atoms with Crippen LogP contribution in [0.25, 0.3) is 6.08 Å². The Bertz CT molecular complexity index is 1790. The molecule has 1 fully saturated rings. The number of nitrogens with zero attached hydrogens (tertiary/aromatic N) is 1. The molecular formula is C35H26ClNO5. The third-order valence-electron chi connectivity index (χ3n) is 8.90. The van der Waals surface area contributed by atoms with E-state index in [0.29, 0.717) is 38.8 Å². The number of carbonyl (C=O) groups excluding carboxylic acids is 3. The molecular weight excluding hydrogens is 550 g/mol. The first-order valence-corrected chi connectivity index (χ1v) is 14.1. The molecule has 0 amide bonds. The van der Waals surface area contributed by atoms with Crippen LogP contribution in [0.15, 0.2) is 97.1 Å². The van der Waals surface area contributed by atoms with Crippen LogP contribution < -0.4 is 14.4 Å². The van der Waals surface area contributed by atoms with E-state index in [1.54, 1.807) is 73.8 Å². The lowest BCUT2D eigenvalue weighted by molar-refractivity contribution is 0.0665. The van der Waals surface area contributed by atoms with Gasteiger partial charge in [-0.25, -0.2) is 0 Å². The number of para-hydroxylation sites is 1. The van der Waals surface area contributed by atoms with Gasteiger partial charge < -0.3 is 14.4 Å². The molecule has 42 heavy (non-hydrogen) atoms. The normalized spacial score (nSPS) is 21.2. The summed E-state index contributed by atoms with van der Waals surface area (Å²) in [6.45, 7) is 0. The van der Waals surface area contributed by atoms with Crippen LogP contribution in [0.3, 0.4) is 0 Å². The molecule has 0 aromatic heterocycles. The van der Waals surface area contributed by atoms with Crippen LogP contribution in [0.5, 0.6) is 11.5 Å². The second-order valence-corrected chi connectivity index (χ2v) is 11.1. The van der Waals surface area contributed by atoms with Gasteiger partial charge in [-0.1, -0.05) is 84.4 Å². The molecule has 1 unspecified atom stereocenters. The number of rotatable bonds is 5. The van der Waals surface area contributed by atoms with Gasteiger partial charge in [0.25, 0.3) is 0 Å². The van der Waals surface area contributed by atoms with E-state index in [1.165, 1.54) is 7.11 Å². The molecule has 7 heteroatoms. The Kier molecular flexibility index (Phi) is 6.06. The highest BCUT2D eigenvalue weighted by molar-refractivity contribution is 6.35. The van der Waals surface area contributed by atoms with Crippen molar-refractivity contribution < 1.29 is 23.9 Å². The van der Waals surface area contributed by atoms with E-state index in [-0.39, 0.29) is 17.3 Å². The van der Waals surface area contributed by atoms with Crippen LogP contribution in [0.4, 0.5) is 5.69 Å². The zero-order chi connectivity index (χ0) is 29.2. The SMILES string of the molecule is COc1ccc([C@H]2[C@H](C(=O)c3ccccc3Cl)N3c4ccccc4C=CC3C23C(=O)c2ccccc2C3=O)c(OC)c1. The average Bonchev–Trinajstić information content (AvgIpc) is 3.46. The van der Waals surface area contributed by atoms with Gasteiger partial charge >= 0.3 is 0 Å². The Morgan fingerprint density at radius 1 is 0.833 bits per heavy atom. The van der Waals surface area contributed by atoms with E-state index in [9.17, 15) is 14.4 Å². The molecule has 0 N–H and O–H groups in total. The molecule has 3 atom stereocenters. The van der Waals surface area contributed by atoms with Crippen LogP contribution in [0.1, 0.15) is 48.1 Å². The molecule has 3 aliphatic rings. The fourth-order valence-electron chi connectivity index (χ4n) is 7.16. The third-order valence-corrected chi connectivity index (χ3v) is 9.23. The van der Waals surface area contributed by atoms with Gasteiger partial charge in [-0.05, 0) is 29.8 Å². The molecule has 2 heterocycles. The van der Waals surface area contributed by atoms with Crippen molar-refractivity contribution in [2.75, 3.05) is 19.1 Å². The predicted octanol–water partition coefficient (Wildman–Crippen LogP) is 6.67. The zero-order valence-corrected chi connectivity index (χ0v) is 23.7. The van der Waals surface area contributed by atoms with Crippen LogP contribution >= 0.6 is 11.6 Å². The minimum absolute atomic E-state index is 0.285. The smallest absolute Gasteiger partial charge is 0.187 e. The van der Waals surface area contributed by atoms with Gasteiger partial charge in [0.1, 0.15) is 23.0 Å². The maximum absolute atomic E-state index is 14.8. The third kappa shape index (κ3) is 3.42. The Balaban J connectivity index is 1.58. The summed E-state index contributed by atoms with van der Waals surface area (Å²) >= 11 is 6.62. The number of halogens is 1. The maximum Gasteiger partial charge on any atom is 0.187 e. The minimum Gasteiger partial charge on any atom is -0.497 e. The number of hydrogen-bond acceptors (Lipinski definition) is 6.